The lowest BCUT2D eigenvalue weighted by atomic mass is 10.1. The number of methoxy groups -OCH3 is 1. The van der Waals surface area contributed by atoms with Crippen LogP contribution in [-0.2, 0) is 11.3 Å². The standard InChI is InChI=1S/C23H25N3O3/c1-24-23(28)17-6-9-20(10-7-17)25-22(27)15-26(2)14-16-4-5-19-13-21(29-3)11-8-18(19)12-16/h4-13H,14-15H2,1-3H3,(H,24,28)(H,25,27). The number of likely N-dealkylation sites (N-methyl/N-ethyl adjacent to an activating group) is 1. The summed E-state index contributed by atoms with van der Waals surface area (Å²) in [5.74, 6) is 0.574. The van der Waals surface area contributed by atoms with Gasteiger partial charge in [0.15, 0.2) is 0 Å². The van der Waals surface area contributed by atoms with Crippen LogP contribution >= 0.6 is 0 Å². The maximum Gasteiger partial charge on any atom is 0.251 e. The Hall–Kier alpha value is -3.38. The summed E-state index contributed by atoms with van der Waals surface area (Å²) in [6, 6.07) is 19.0. The molecular formula is C23H25N3O3. The number of rotatable bonds is 7. The lowest BCUT2D eigenvalue weighted by molar-refractivity contribution is -0.117. The lowest BCUT2D eigenvalue weighted by Crippen LogP contribution is -2.29. The molecule has 2 amide bonds. The number of nitrogens with one attached hydrogen (secondary N) is 2. The number of carbonyl (C=O) groups is 2. The Balaban J connectivity index is 1.57. The van der Waals surface area contributed by atoms with Gasteiger partial charge in [0.05, 0.1) is 13.7 Å². The third-order valence-electron chi connectivity index (χ3n) is 4.64. The van der Waals surface area contributed by atoms with Crippen LogP contribution in [0.5, 0.6) is 5.75 Å². The van der Waals surface area contributed by atoms with Crippen molar-refractivity contribution in [1.29, 1.82) is 0 Å². The second-order valence-electron chi connectivity index (χ2n) is 6.92. The van der Waals surface area contributed by atoms with Gasteiger partial charge in [-0.3, -0.25) is 14.5 Å². The molecule has 0 unspecified atom stereocenters. The van der Waals surface area contributed by atoms with Gasteiger partial charge in [0, 0.05) is 24.8 Å². The Morgan fingerprint density at radius 1 is 0.966 bits per heavy atom. The number of nitrogens with zero attached hydrogens (tertiary/aromatic N) is 1. The molecule has 0 aromatic heterocycles. The summed E-state index contributed by atoms with van der Waals surface area (Å²) in [7, 11) is 5.15. The fourth-order valence-corrected chi connectivity index (χ4v) is 3.16. The summed E-state index contributed by atoms with van der Waals surface area (Å²) in [6.45, 7) is 0.919. The summed E-state index contributed by atoms with van der Waals surface area (Å²) in [4.78, 5) is 25.9. The smallest absolute Gasteiger partial charge is 0.251 e. The van der Waals surface area contributed by atoms with Crippen LogP contribution in [0.1, 0.15) is 15.9 Å². The van der Waals surface area contributed by atoms with Crippen LogP contribution in [0.4, 0.5) is 5.69 Å². The van der Waals surface area contributed by atoms with Crippen LogP contribution < -0.4 is 15.4 Å². The number of hydrogen-bond acceptors (Lipinski definition) is 4. The number of ether oxygens (including phenoxy) is 1. The molecule has 0 fully saturated rings. The maximum atomic E-state index is 12.3. The first-order valence-corrected chi connectivity index (χ1v) is 9.35. The molecule has 0 aliphatic rings. The van der Waals surface area contributed by atoms with Crippen molar-refractivity contribution in [2.24, 2.45) is 0 Å². The van der Waals surface area contributed by atoms with Gasteiger partial charge in [-0.1, -0.05) is 18.2 Å². The van der Waals surface area contributed by atoms with Gasteiger partial charge in [0.1, 0.15) is 5.75 Å². The highest BCUT2D eigenvalue weighted by atomic mass is 16.5. The largest absolute Gasteiger partial charge is 0.497 e. The topological polar surface area (TPSA) is 70.7 Å². The van der Waals surface area contributed by atoms with Gasteiger partial charge in [0.25, 0.3) is 5.91 Å². The fraction of sp³-hybridized carbons (Fsp3) is 0.217. The van der Waals surface area contributed by atoms with Gasteiger partial charge in [0.2, 0.25) is 5.91 Å². The minimum absolute atomic E-state index is 0.106. The monoisotopic (exact) mass is 391 g/mol. The van der Waals surface area contributed by atoms with Gasteiger partial charge in [-0.15, -0.1) is 0 Å². The predicted octanol–water partition coefficient (Wildman–Crippen LogP) is 3.28. The second-order valence-corrected chi connectivity index (χ2v) is 6.92. The molecule has 0 atom stereocenters. The molecule has 6 nitrogen and oxygen atoms in total. The van der Waals surface area contributed by atoms with E-state index in [0.717, 1.165) is 22.1 Å². The van der Waals surface area contributed by atoms with Crippen LogP contribution in [-0.4, -0.2) is 44.5 Å². The van der Waals surface area contributed by atoms with Gasteiger partial charge >= 0.3 is 0 Å². The summed E-state index contributed by atoms with van der Waals surface area (Å²) in [5, 5.41) is 7.68. The zero-order valence-electron chi connectivity index (χ0n) is 16.9. The Morgan fingerprint density at radius 2 is 1.66 bits per heavy atom. The first-order chi connectivity index (χ1) is 14.0. The third-order valence-corrected chi connectivity index (χ3v) is 4.64. The molecule has 2 N–H and O–H groups in total. The molecule has 0 aliphatic carbocycles. The Morgan fingerprint density at radius 3 is 2.34 bits per heavy atom. The average molecular weight is 391 g/mol. The first kappa shape index (κ1) is 20.4. The van der Waals surface area contributed by atoms with Gasteiger partial charge in [-0.05, 0) is 65.8 Å². The Bertz CT molecular complexity index is 1020. The molecule has 0 spiro atoms. The van der Waals surface area contributed by atoms with E-state index < -0.39 is 0 Å². The van der Waals surface area contributed by atoms with Gasteiger partial charge in [-0.2, -0.15) is 0 Å². The van der Waals surface area contributed by atoms with Crippen molar-refractivity contribution >= 4 is 28.3 Å². The molecular weight excluding hydrogens is 366 g/mol. The van der Waals surface area contributed by atoms with Crippen LogP contribution in [0.2, 0.25) is 0 Å². The van der Waals surface area contributed by atoms with Crippen molar-refractivity contribution in [1.82, 2.24) is 10.2 Å². The molecule has 3 rings (SSSR count). The van der Waals surface area contributed by atoms with E-state index in [1.807, 2.05) is 30.1 Å². The van der Waals surface area contributed by atoms with Crippen LogP contribution in [0, 0.1) is 0 Å². The maximum absolute atomic E-state index is 12.3. The van der Waals surface area contributed by atoms with Crippen molar-refractivity contribution in [2.75, 3.05) is 33.1 Å². The van der Waals surface area contributed by atoms with Crippen molar-refractivity contribution in [3.63, 3.8) is 0 Å². The highest BCUT2D eigenvalue weighted by Crippen LogP contribution is 2.22. The summed E-state index contributed by atoms with van der Waals surface area (Å²) in [6.07, 6.45) is 0. The normalized spacial score (nSPS) is 10.8. The zero-order valence-corrected chi connectivity index (χ0v) is 16.9. The number of carbonyl (C=O) groups excluding carboxylic acids is 2. The van der Waals surface area contributed by atoms with Crippen LogP contribution in [0.15, 0.2) is 60.7 Å². The number of hydrogen-bond donors (Lipinski definition) is 2. The number of fused-ring (bicyclic) bond motifs is 1. The van der Waals surface area contributed by atoms with Crippen molar-refractivity contribution in [3.05, 3.63) is 71.8 Å². The molecule has 0 saturated carbocycles. The van der Waals surface area contributed by atoms with E-state index in [1.54, 1.807) is 38.4 Å². The van der Waals surface area contributed by atoms with Crippen molar-refractivity contribution in [3.8, 4) is 5.75 Å². The Kier molecular flexibility index (Phi) is 6.46. The van der Waals surface area contributed by atoms with Crippen molar-refractivity contribution < 1.29 is 14.3 Å². The van der Waals surface area contributed by atoms with Gasteiger partial charge in [-0.25, -0.2) is 0 Å². The summed E-state index contributed by atoms with van der Waals surface area (Å²) < 4.78 is 5.26. The predicted molar refractivity (Wildman–Crippen MR) is 115 cm³/mol. The molecule has 0 aliphatic heterocycles. The molecule has 3 aromatic rings. The van der Waals surface area contributed by atoms with E-state index in [9.17, 15) is 9.59 Å². The van der Waals surface area contributed by atoms with E-state index in [0.29, 0.717) is 17.8 Å². The number of amides is 2. The zero-order chi connectivity index (χ0) is 20.8. The lowest BCUT2D eigenvalue weighted by Gasteiger charge is -2.17. The highest BCUT2D eigenvalue weighted by Gasteiger charge is 2.09. The van der Waals surface area contributed by atoms with E-state index >= 15 is 0 Å². The molecule has 6 heteroatoms. The Labute approximate surface area is 170 Å². The SMILES string of the molecule is CNC(=O)c1ccc(NC(=O)CN(C)Cc2ccc3cc(OC)ccc3c2)cc1. The van der Waals surface area contributed by atoms with Crippen LogP contribution in [0.3, 0.4) is 0 Å². The quantitative estimate of drug-likeness (QED) is 0.648. The molecule has 0 saturated heterocycles. The number of benzene rings is 3. The molecule has 0 radical (unpaired) electrons. The average Bonchev–Trinajstić information content (AvgIpc) is 2.73. The van der Waals surface area contributed by atoms with Crippen LogP contribution in [0.25, 0.3) is 10.8 Å². The summed E-state index contributed by atoms with van der Waals surface area (Å²) in [5.41, 5.74) is 2.35. The molecule has 0 bridgehead atoms. The third kappa shape index (κ3) is 5.33. The second kappa shape index (κ2) is 9.21. The van der Waals surface area contributed by atoms with E-state index in [-0.39, 0.29) is 18.4 Å². The molecule has 29 heavy (non-hydrogen) atoms. The number of anilines is 1. The van der Waals surface area contributed by atoms with E-state index in [2.05, 4.69) is 28.8 Å². The fourth-order valence-electron chi connectivity index (χ4n) is 3.16. The first-order valence-electron chi connectivity index (χ1n) is 9.35. The van der Waals surface area contributed by atoms with Crippen molar-refractivity contribution in [2.45, 2.75) is 6.54 Å². The van der Waals surface area contributed by atoms with E-state index in [4.69, 9.17) is 4.74 Å². The minimum Gasteiger partial charge on any atom is -0.497 e. The highest BCUT2D eigenvalue weighted by molar-refractivity contribution is 5.96. The minimum atomic E-state index is -0.156. The molecule has 150 valence electrons. The molecule has 3 aromatic carbocycles. The summed E-state index contributed by atoms with van der Waals surface area (Å²) >= 11 is 0. The van der Waals surface area contributed by atoms with E-state index in [1.165, 1.54) is 0 Å². The molecule has 0 heterocycles. The van der Waals surface area contributed by atoms with Gasteiger partial charge < -0.3 is 15.4 Å².